The lowest BCUT2D eigenvalue weighted by atomic mass is 10.2. The molecule has 1 aromatic heterocycles. The molecular formula is C26H25Cl2FN4O3. The molecule has 0 radical (unpaired) electrons. The second-order valence-electron chi connectivity index (χ2n) is 8.44. The minimum Gasteiger partial charge on any atom is -0.492 e. The molecule has 0 fully saturated rings. The molecule has 0 aliphatic rings. The number of aromatic amines is 1. The highest BCUT2D eigenvalue weighted by atomic mass is 35.5. The van der Waals surface area contributed by atoms with E-state index in [0.29, 0.717) is 28.8 Å². The fourth-order valence-corrected chi connectivity index (χ4v) is 3.92. The Kier molecular flexibility index (Phi) is 7.88. The van der Waals surface area contributed by atoms with Crippen LogP contribution < -0.4 is 20.5 Å². The largest absolute Gasteiger partial charge is 0.492 e. The first-order chi connectivity index (χ1) is 17.2. The van der Waals surface area contributed by atoms with E-state index in [2.05, 4.69) is 10.3 Å². The van der Waals surface area contributed by atoms with Crippen LogP contribution >= 0.6 is 23.2 Å². The van der Waals surface area contributed by atoms with Crippen molar-refractivity contribution in [1.29, 1.82) is 0 Å². The van der Waals surface area contributed by atoms with Crippen molar-refractivity contribution in [3.63, 3.8) is 0 Å². The van der Waals surface area contributed by atoms with Gasteiger partial charge in [0.05, 0.1) is 5.02 Å². The van der Waals surface area contributed by atoms with Crippen molar-refractivity contribution >= 4 is 45.7 Å². The maximum Gasteiger partial charge on any atom is 0.267 e. The fraction of sp³-hybridized carbons (Fsp3) is 0.192. The second kappa shape index (κ2) is 11.1. The first-order valence-corrected chi connectivity index (χ1v) is 11.8. The second-order valence-corrected chi connectivity index (χ2v) is 9.28. The summed E-state index contributed by atoms with van der Waals surface area (Å²) in [5.41, 5.74) is 7.47. The molecule has 1 heterocycles. The number of H-pyrrole nitrogens is 1. The Hall–Kier alpha value is -3.46. The van der Waals surface area contributed by atoms with Gasteiger partial charge in [-0.15, -0.1) is 0 Å². The lowest BCUT2D eigenvalue weighted by molar-refractivity contribution is 0.0946. The van der Waals surface area contributed by atoms with E-state index in [0.717, 1.165) is 17.4 Å². The molecule has 7 nitrogen and oxygen atoms in total. The number of ether oxygens (including phenoxy) is 2. The van der Waals surface area contributed by atoms with E-state index in [4.69, 9.17) is 38.4 Å². The van der Waals surface area contributed by atoms with E-state index in [-0.39, 0.29) is 34.5 Å². The molecule has 4 rings (SSSR count). The summed E-state index contributed by atoms with van der Waals surface area (Å²) in [5.74, 6) is -0.312. The zero-order valence-electron chi connectivity index (χ0n) is 19.7. The number of amides is 1. The molecule has 0 bridgehead atoms. The number of carbonyl (C=O) groups excluding carboxylic acids is 1. The summed E-state index contributed by atoms with van der Waals surface area (Å²) < 4.78 is 26.6. The lowest BCUT2D eigenvalue weighted by Crippen LogP contribution is -2.23. The number of nitrogens with zero attached hydrogens (tertiary/aromatic N) is 1. The summed E-state index contributed by atoms with van der Waals surface area (Å²) in [6, 6.07) is 14.8. The zero-order chi connectivity index (χ0) is 25.8. The van der Waals surface area contributed by atoms with Crippen molar-refractivity contribution in [2.75, 3.05) is 33.0 Å². The summed E-state index contributed by atoms with van der Waals surface area (Å²) in [6.07, 6.45) is 0. The summed E-state index contributed by atoms with van der Waals surface area (Å²) in [5, 5.41) is 3.96. The molecule has 0 spiro atoms. The number of carbonyl (C=O) groups is 1. The Bertz CT molecular complexity index is 1390. The van der Waals surface area contributed by atoms with Gasteiger partial charge in [-0.1, -0.05) is 29.3 Å². The van der Waals surface area contributed by atoms with E-state index in [1.54, 1.807) is 12.1 Å². The topological polar surface area (TPSA) is 92.6 Å². The average molecular weight is 531 g/mol. The van der Waals surface area contributed by atoms with Gasteiger partial charge in [0.2, 0.25) is 0 Å². The van der Waals surface area contributed by atoms with Crippen LogP contribution in [0.5, 0.6) is 17.2 Å². The van der Waals surface area contributed by atoms with Gasteiger partial charge >= 0.3 is 0 Å². The monoisotopic (exact) mass is 530 g/mol. The van der Waals surface area contributed by atoms with Gasteiger partial charge in [-0.3, -0.25) is 4.79 Å². The molecule has 10 heteroatoms. The van der Waals surface area contributed by atoms with Crippen LogP contribution in [0.2, 0.25) is 10.0 Å². The predicted molar refractivity (Wildman–Crippen MR) is 141 cm³/mol. The van der Waals surface area contributed by atoms with Crippen molar-refractivity contribution in [3.05, 3.63) is 81.7 Å². The third-order valence-electron chi connectivity index (χ3n) is 5.33. The first-order valence-electron chi connectivity index (χ1n) is 11.1. The Morgan fingerprint density at radius 2 is 1.89 bits per heavy atom. The first kappa shape index (κ1) is 25.6. The molecule has 0 unspecified atom stereocenters. The van der Waals surface area contributed by atoms with Gasteiger partial charge in [0, 0.05) is 46.3 Å². The number of nitrogen functional groups attached to an aromatic ring is 1. The Morgan fingerprint density at radius 3 is 2.64 bits per heavy atom. The van der Waals surface area contributed by atoms with Crippen molar-refractivity contribution in [2.45, 2.75) is 6.54 Å². The van der Waals surface area contributed by atoms with Crippen molar-refractivity contribution < 1.29 is 18.7 Å². The van der Waals surface area contributed by atoms with Gasteiger partial charge in [-0.25, -0.2) is 4.39 Å². The van der Waals surface area contributed by atoms with Crippen molar-refractivity contribution in [2.24, 2.45) is 0 Å². The maximum absolute atomic E-state index is 15.2. The SMILES string of the molecule is CN(C)CCOc1ccc2[nH]c(C(=O)NCc3ccc(Cl)c(Oc4cc(N)cc(Cl)c4)c3F)cc2c1. The molecule has 36 heavy (non-hydrogen) atoms. The normalized spacial score (nSPS) is 11.2. The molecule has 4 aromatic rings. The molecule has 3 aromatic carbocycles. The molecule has 0 saturated carbocycles. The van der Waals surface area contributed by atoms with Gasteiger partial charge in [0.25, 0.3) is 5.91 Å². The number of aromatic nitrogens is 1. The third-order valence-corrected chi connectivity index (χ3v) is 5.84. The molecule has 188 valence electrons. The third kappa shape index (κ3) is 6.20. The number of hydrogen-bond acceptors (Lipinski definition) is 5. The van der Waals surface area contributed by atoms with Crippen LogP contribution in [0.1, 0.15) is 16.1 Å². The average Bonchev–Trinajstić information content (AvgIpc) is 3.24. The van der Waals surface area contributed by atoms with Crippen LogP contribution in [0.3, 0.4) is 0 Å². The summed E-state index contributed by atoms with van der Waals surface area (Å²) >= 11 is 12.2. The van der Waals surface area contributed by atoms with Gasteiger partial charge in [0.1, 0.15) is 23.8 Å². The van der Waals surface area contributed by atoms with E-state index in [9.17, 15) is 4.79 Å². The summed E-state index contributed by atoms with van der Waals surface area (Å²) in [4.78, 5) is 17.9. The Morgan fingerprint density at radius 1 is 1.08 bits per heavy atom. The molecule has 4 N–H and O–H groups in total. The molecule has 0 aliphatic carbocycles. The molecule has 0 saturated heterocycles. The van der Waals surface area contributed by atoms with Crippen LogP contribution in [-0.2, 0) is 6.54 Å². The van der Waals surface area contributed by atoms with Crippen LogP contribution in [0, 0.1) is 5.82 Å². The number of rotatable bonds is 9. The van der Waals surface area contributed by atoms with Crippen molar-refractivity contribution in [3.8, 4) is 17.2 Å². The minimum absolute atomic E-state index is 0.0698. The Labute approximate surface area is 217 Å². The van der Waals surface area contributed by atoms with Gasteiger partial charge in [-0.2, -0.15) is 0 Å². The number of anilines is 1. The number of nitrogens with one attached hydrogen (secondary N) is 2. The van der Waals surface area contributed by atoms with E-state index in [1.807, 2.05) is 37.2 Å². The number of halogens is 3. The number of fused-ring (bicyclic) bond motifs is 1. The predicted octanol–water partition coefficient (Wildman–Crippen LogP) is 5.86. The van der Waals surface area contributed by atoms with E-state index in [1.165, 1.54) is 24.3 Å². The lowest BCUT2D eigenvalue weighted by Gasteiger charge is -2.13. The quantitative estimate of drug-likeness (QED) is 0.236. The number of hydrogen-bond donors (Lipinski definition) is 3. The standard InChI is InChI=1S/C26H25Cl2FN4O3/c1-33(2)7-8-35-19-4-6-22-16(9-19)10-23(32-22)26(34)31-14-15-3-5-21(28)25(24(15)29)36-20-12-17(27)11-18(30)13-20/h3-6,9-13,32H,7-8,14,30H2,1-2H3,(H,31,34). The van der Waals surface area contributed by atoms with E-state index >= 15 is 4.39 Å². The Balaban J connectivity index is 1.45. The molecular weight excluding hydrogens is 506 g/mol. The highest BCUT2D eigenvalue weighted by Crippen LogP contribution is 2.35. The van der Waals surface area contributed by atoms with Crippen LogP contribution in [0.15, 0.2) is 54.6 Å². The number of nitrogens with two attached hydrogens (primary N) is 1. The highest BCUT2D eigenvalue weighted by molar-refractivity contribution is 6.32. The van der Waals surface area contributed by atoms with E-state index < -0.39 is 5.82 Å². The maximum atomic E-state index is 15.2. The van der Waals surface area contributed by atoms with Crippen LogP contribution in [-0.4, -0.2) is 43.0 Å². The zero-order valence-corrected chi connectivity index (χ0v) is 21.2. The minimum atomic E-state index is -0.697. The van der Waals surface area contributed by atoms with Crippen molar-refractivity contribution in [1.82, 2.24) is 15.2 Å². The summed E-state index contributed by atoms with van der Waals surface area (Å²) in [6.45, 7) is 1.27. The molecule has 0 atom stereocenters. The van der Waals surface area contributed by atoms with Crippen LogP contribution in [0.4, 0.5) is 10.1 Å². The fourth-order valence-electron chi connectivity index (χ4n) is 3.50. The van der Waals surface area contributed by atoms with Gasteiger partial charge < -0.3 is 30.4 Å². The smallest absolute Gasteiger partial charge is 0.267 e. The van der Waals surface area contributed by atoms with Gasteiger partial charge in [-0.05, 0) is 56.6 Å². The van der Waals surface area contributed by atoms with Gasteiger partial charge in [0.15, 0.2) is 11.6 Å². The molecule has 0 aliphatic heterocycles. The van der Waals surface area contributed by atoms with Crippen LogP contribution in [0.25, 0.3) is 10.9 Å². The molecule has 1 amide bonds. The number of benzene rings is 3. The highest BCUT2D eigenvalue weighted by Gasteiger charge is 2.17. The summed E-state index contributed by atoms with van der Waals surface area (Å²) in [7, 11) is 3.95. The number of likely N-dealkylation sites (N-methyl/N-ethyl adjacent to an activating group) is 1.